The summed E-state index contributed by atoms with van der Waals surface area (Å²) < 4.78 is 5.15. The first-order valence-electron chi connectivity index (χ1n) is 5.52. The Balaban J connectivity index is 2.37. The number of nitro groups is 1. The van der Waals surface area contributed by atoms with Crippen molar-refractivity contribution in [1.82, 2.24) is 0 Å². The molecule has 1 heterocycles. The second kappa shape index (κ2) is 5.62. The van der Waals surface area contributed by atoms with E-state index >= 15 is 0 Å². The molecule has 5 nitrogen and oxygen atoms in total. The third-order valence-corrected chi connectivity index (χ3v) is 3.55. The van der Waals surface area contributed by atoms with Crippen LogP contribution >= 0.6 is 11.3 Å². The quantitative estimate of drug-likeness (QED) is 0.485. The highest BCUT2D eigenvalue weighted by Gasteiger charge is 2.10. The lowest BCUT2D eigenvalue weighted by atomic mass is 10.2. The van der Waals surface area contributed by atoms with Gasteiger partial charge in [-0.3, -0.25) is 15.1 Å². The lowest BCUT2D eigenvalue weighted by molar-refractivity contribution is -0.384. The number of rotatable bonds is 4. The van der Waals surface area contributed by atoms with Crippen LogP contribution in [-0.4, -0.2) is 18.2 Å². The minimum atomic E-state index is -0.450. The van der Waals surface area contributed by atoms with E-state index in [1.807, 2.05) is 18.4 Å². The van der Waals surface area contributed by atoms with Crippen molar-refractivity contribution >= 4 is 28.9 Å². The van der Waals surface area contributed by atoms with E-state index in [2.05, 4.69) is 4.99 Å². The lowest BCUT2D eigenvalue weighted by Crippen LogP contribution is -1.89. The normalized spacial score (nSPS) is 10.8. The van der Waals surface area contributed by atoms with Gasteiger partial charge >= 0.3 is 0 Å². The summed E-state index contributed by atoms with van der Waals surface area (Å²) in [7, 11) is 1.51. The molecule has 0 bridgehead atoms. The van der Waals surface area contributed by atoms with E-state index in [1.165, 1.54) is 19.2 Å². The van der Waals surface area contributed by atoms with Crippen molar-refractivity contribution in [3.8, 4) is 5.75 Å². The predicted molar refractivity (Wildman–Crippen MR) is 76.0 cm³/mol. The maximum atomic E-state index is 10.8. The van der Waals surface area contributed by atoms with Gasteiger partial charge in [-0.1, -0.05) is 0 Å². The summed E-state index contributed by atoms with van der Waals surface area (Å²) >= 11 is 1.57. The molecule has 1 aromatic carbocycles. The van der Waals surface area contributed by atoms with Crippen LogP contribution in [0.15, 0.2) is 34.6 Å². The molecular weight excluding hydrogens is 264 g/mol. The van der Waals surface area contributed by atoms with Crippen LogP contribution in [-0.2, 0) is 0 Å². The number of non-ortho nitro benzene ring substituents is 1. The standard InChI is InChI=1S/C13H12N2O3S/c1-9-5-6-19-13(9)8-14-11-7-10(15(16)17)3-4-12(11)18-2/h3-8H,1-2H3. The number of benzene rings is 1. The highest BCUT2D eigenvalue weighted by atomic mass is 32.1. The minimum Gasteiger partial charge on any atom is -0.494 e. The summed E-state index contributed by atoms with van der Waals surface area (Å²) in [6, 6.07) is 6.34. The molecule has 2 aromatic rings. The van der Waals surface area contributed by atoms with E-state index in [1.54, 1.807) is 23.6 Å². The van der Waals surface area contributed by atoms with Gasteiger partial charge in [-0.2, -0.15) is 0 Å². The van der Waals surface area contributed by atoms with Crippen LogP contribution in [0, 0.1) is 17.0 Å². The number of methoxy groups -OCH3 is 1. The monoisotopic (exact) mass is 276 g/mol. The number of thiophene rings is 1. The fraction of sp³-hybridized carbons (Fsp3) is 0.154. The SMILES string of the molecule is COc1ccc([N+](=O)[O-])cc1N=Cc1sccc1C. The Bertz CT molecular complexity index is 635. The maximum absolute atomic E-state index is 10.8. The number of nitro benzene ring substituents is 1. The molecule has 19 heavy (non-hydrogen) atoms. The number of aliphatic imine (C=N–C) groups is 1. The smallest absolute Gasteiger partial charge is 0.271 e. The zero-order chi connectivity index (χ0) is 13.8. The molecule has 0 saturated carbocycles. The van der Waals surface area contributed by atoms with Crippen LogP contribution in [0.2, 0.25) is 0 Å². The molecule has 0 aliphatic rings. The van der Waals surface area contributed by atoms with Crippen LogP contribution in [0.25, 0.3) is 0 Å². The van der Waals surface area contributed by atoms with Gasteiger partial charge in [0.1, 0.15) is 11.4 Å². The van der Waals surface area contributed by atoms with E-state index in [0.29, 0.717) is 11.4 Å². The molecular formula is C13H12N2O3S. The topological polar surface area (TPSA) is 64.7 Å². The Hall–Kier alpha value is -2.21. The number of hydrogen-bond acceptors (Lipinski definition) is 5. The summed E-state index contributed by atoms with van der Waals surface area (Å²) in [4.78, 5) is 15.6. The van der Waals surface area contributed by atoms with E-state index in [4.69, 9.17) is 4.74 Å². The third kappa shape index (κ3) is 2.97. The molecule has 0 N–H and O–H groups in total. The number of ether oxygens (including phenoxy) is 1. The average Bonchev–Trinajstić information content (AvgIpc) is 2.81. The van der Waals surface area contributed by atoms with Crippen molar-refractivity contribution in [2.24, 2.45) is 4.99 Å². The Kier molecular flexibility index (Phi) is 3.91. The first-order chi connectivity index (χ1) is 9.11. The molecule has 0 fully saturated rings. The Morgan fingerprint density at radius 1 is 1.42 bits per heavy atom. The van der Waals surface area contributed by atoms with Gasteiger partial charge < -0.3 is 4.74 Å². The molecule has 1 aromatic heterocycles. The van der Waals surface area contributed by atoms with E-state index in [0.717, 1.165) is 10.4 Å². The van der Waals surface area contributed by atoms with Crippen LogP contribution in [0.1, 0.15) is 10.4 Å². The molecule has 0 amide bonds. The Morgan fingerprint density at radius 3 is 2.79 bits per heavy atom. The van der Waals surface area contributed by atoms with Gasteiger partial charge in [0.15, 0.2) is 0 Å². The highest BCUT2D eigenvalue weighted by molar-refractivity contribution is 7.11. The maximum Gasteiger partial charge on any atom is 0.271 e. The van der Waals surface area contributed by atoms with Crippen LogP contribution in [0.3, 0.4) is 0 Å². The second-order valence-corrected chi connectivity index (χ2v) is 4.79. The van der Waals surface area contributed by atoms with Crippen LogP contribution < -0.4 is 4.74 Å². The summed E-state index contributed by atoms with van der Waals surface area (Å²) in [6.45, 7) is 1.99. The van der Waals surface area contributed by atoms with Gasteiger partial charge in [-0.25, -0.2) is 0 Å². The minimum absolute atomic E-state index is 0.00384. The van der Waals surface area contributed by atoms with Crippen LogP contribution in [0.4, 0.5) is 11.4 Å². The molecule has 0 spiro atoms. The summed E-state index contributed by atoms with van der Waals surface area (Å²) in [5, 5.41) is 12.7. The highest BCUT2D eigenvalue weighted by Crippen LogP contribution is 2.31. The molecule has 0 unspecified atom stereocenters. The zero-order valence-corrected chi connectivity index (χ0v) is 11.3. The van der Waals surface area contributed by atoms with Crippen LogP contribution in [0.5, 0.6) is 5.75 Å². The molecule has 2 rings (SSSR count). The number of aryl methyl sites for hydroxylation is 1. The summed E-state index contributed by atoms with van der Waals surface area (Å²) in [5.74, 6) is 0.510. The van der Waals surface area contributed by atoms with E-state index in [-0.39, 0.29) is 5.69 Å². The van der Waals surface area contributed by atoms with E-state index < -0.39 is 4.92 Å². The van der Waals surface area contributed by atoms with Crippen molar-refractivity contribution in [3.05, 3.63) is 50.2 Å². The first kappa shape index (κ1) is 13.2. The van der Waals surface area contributed by atoms with Gasteiger partial charge in [0.2, 0.25) is 0 Å². The fourth-order valence-corrected chi connectivity index (χ4v) is 2.32. The summed E-state index contributed by atoms with van der Waals surface area (Å²) in [6.07, 6.45) is 1.70. The lowest BCUT2D eigenvalue weighted by Gasteiger charge is -2.03. The molecule has 0 aliphatic carbocycles. The Labute approximate surface area is 114 Å². The fourth-order valence-electron chi connectivity index (χ4n) is 1.54. The number of nitrogens with zero attached hydrogens (tertiary/aromatic N) is 2. The van der Waals surface area contributed by atoms with E-state index in [9.17, 15) is 10.1 Å². The Morgan fingerprint density at radius 2 is 2.21 bits per heavy atom. The molecule has 0 aliphatic heterocycles. The molecule has 0 atom stereocenters. The molecule has 98 valence electrons. The van der Waals surface area contributed by atoms with Gasteiger partial charge in [-0.15, -0.1) is 11.3 Å². The zero-order valence-electron chi connectivity index (χ0n) is 10.5. The van der Waals surface area contributed by atoms with Gasteiger partial charge in [-0.05, 0) is 30.0 Å². The largest absolute Gasteiger partial charge is 0.494 e. The average molecular weight is 276 g/mol. The van der Waals surface area contributed by atoms with Crippen molar-refractivity contribution in [3.63, 3.8) is 0 Å². The predicted octanol–water partition coefficient (Wildman–Crippen LogP) is 3.72. The third-order valence-electron chi connectivity index (χ3n) is 2.60. The van der Waals surface area contributed by atoms with Crippen molar-refractivity contribution < 1.29 is 9.66 Å². The van der Waals surface area contributed by atoms with Gasteiger partial charge in [0.25, 0.3) is 5.69 Å². The molecule has 0 saturated heterocycles. The molecule has 6 heteroatoms. The molecule has 0 radical (unpaired) electrons. The van der Waals surface area contributed by atoms with Crippen molar-refractivity contribution in [2.45, 2.75) is 6.92 Å². The van der Waals surface area contributed by atoms with Crippen molar-refractivity contribution in [2.75, 3.05) is 7.11 Å². The second-order valence-electron chi connectivity index (χ2n) is 3.84. The number of hydrogen-bond donors (Lipinski definition) is 0. The van der Waals surface area contributed by atoms with Gasteiger partial charge in [0.05, 0.1) is 12.0 Å². The summed E-state index contributed by atoms with van der Waals surface area (Å²) in [5.41, 5.74) is 1.57. The van der Waals surface area contributed by atoms with Crippen molar-refractivity contribution in [1.29, 1.82) is 0 Å². The first-order valence-corrected chi connectivity index (χ1v) is 6.40. The van der Waals surface area contributed by atoms with Gasteiger partial charge in [0, 0.05) is 23.2 Å².